The van der Waals surface area contributed by atoms with E-state index in [-0.39, 0.29) is 23.3 Å². The molecular formula is C24H24N6O4S2. The number of thiophene rings is 1. The molecule has 0 radical (unpaired) electrons. The van der Waals surface area contributed by atoms with E-state index in [4.69, 9.17) is 14.6 Å². The Morgan fingerprint density at radius 3 is 2.81 bits per heavy atom. The van der Waals surface area contributed by atoms with E-state index in [1.807, 2.05) is 42.6 Å². The molecule has 0 saturated heterocycles. The largest absolute Gasteiger partial charge is 0.493 e. The molecule has 1 unspecified atom stereocenters. The number of aromatic amines is 1. The summed E-state index contributed by atoms with van der Waals surface area (Å²) in [6.07, 6.45) is 1.17. The fourth-order valence-corrected chi connectivity index (χ4v) is 5.80. The van der Waals surface area contributed by atoms with E-state index in [0.717, 1.165) is 21.8 Å². The van der Waals surface area contributed by atoms with Crippen LogP contribution in [0.1, 0.15) is 35.5 Å². The predicted octanol–water partition coefficient (Wildman–Crippen LogP) is 3.53. The summed E-state index contributed by atoms with van der Waals surface area (Å²) in [4.78, 5) is 29.1. The minimum absolute atomic E-state index is 0.0904. The number of H-pyrrole nitrogens is 1. The van der Waals surface area contributed by atoms with Crippen LogP contribution < -0.4 is 15.0 Å². The monoisotopic (exact) mass is 524 g/mol. The molecule has 186 valence electrons. The Bertz CT molecular complexity index is 1490. The van der Waals surface area contributed by atoms with Crippen LogP contribution in [-0.4, -0.2) is 56.2 Å². The van der Waals surface area contributed by atoms with Gasteiger partial charge in [-0.3, -0.25) is 19.0 Å². The normalized spacial score (nSPS) is 15.4. The first-order chi connectivity index (χ1) is 17.5. The molecule has 1 aromatic carbocycles. The molecule has 4 aromatic rings. The zero-order valence-corrected chi connectivity index (χ0v) is 21.6. The number of hydrogen-bond acceptors (Lipinski definition) is 9. The number of hydrogen-bond donors (Lipinski definition) is 1. The van der Waals surface area contributed by atoms with E-state index in [9.17, 15) is 9.59 Å². The van der Waals surface area contributed by atoms with Crippen LogP contribution >= 0.6 is 23.1 Å². The Labute approximate surface area is 215 Å². The number of hydrazone groups is 1. The van der Waals surface area contributed by atoms with E-state index in [2.05, 4.69) is 15.2 Å². The number of thioether (sulfide) groups is 1. The van der Waals surface area contributed by atoms with Crippen molar-refractivity contribution in [3.8, 4) is 11.5 Å². The van der Waals surface area contributed by atoms with Gasteiger partial charge in [-0.1, -0.05) is 36.9 Å². The second-order valence-electron chi connectivity index (χ2n) is 7.97. The van der Waals surface area contributed by atoms with Gasteiger partial charge >= 0.3 is 0 Å². The number of fused-ring (bicyclic) bond motifs is 1. The molecule has 0 bridgehead atoms. The molecule has 3 aromatic heterocycles. The number of ether oxygens (including phenoxy) is 2. The molecule has 0 aliphatic carbocycles. The van der Waals surface area contributed by atoms with Crippen LogP contribution in [0.15, 0.2) is 56.8 Å². The molecule has 5 rings (SSSR count). The molecule has 1 amide bonds. The highest BCUT2D eigenvalue weighted by molar-refractivity contribution is 7.99. The smallest absolute Gasteiger partial charge is 0.253 e. The number of carbonyl (C=O) groups is 1. The van der Waals surface area contributed by atoms with Crippen molar-refractivity contribution in [1.29, 1.82) is 0 Å². The maximum absolute atomic E-state index is 13.6. The van der Waals surface area contributed by atoms with E-state index < -0.39 is 0 Å². The van der Waals surface area contributed by atoms with E-state index in [1.165, 1.54) is 22.8 Å². The van der Waals surface area contributed by atoms with E-state index in [1.54, 1.807) is 30.0 Å². The SMILES string of the molecule is CCc1cc(=O)[nH]c2nnc(SCC(=O)N3N=C(c4cccs4)CC3c3cccc(OC)c3OC)n12. The molecule has 1 atom stereocenters. The van der Waals surface area contributed by atoms with Crippen LogP contribution in [0.25, 0.3) is 5.78 Å². The number of aryl methyl sites for hydroxylation is 1. The van der Waals surface area contributed by atoms with Gasteiger partial charge in [0.05, 0.1) is 36.6 Å². The first-order valence-electron chi connectivity index (χ1n) is 11.3. The van der Waals surface area contributed by atoms with Crippen molar-refractivity contribution in [3.63, 3.8) is 0 Å². The minimum Gasteiger partial charge on any atom is -0.493 e. The fraction of sp³-hybridized carbons (Fsp3) is 0.292. The maximum Gasteiger partial charge on any atom is 0.253 e. The molecule has 0 saturated carbocycles. The number of methoxy groups -OCH3 is 2. The average Bonchev–Trinajstić information content (AvgIpc) is 3.65. The summed E-state index contributed by atoms with van der Waals surface area (Å²) in [5, 5.41) is 17.1. The van der Waals surface area contributed by atoms with Gasteiger partial charge in [0.1, 0.15) is 0 Å². The lowest BCUT2D eigenvalue weighted by atomic mass is 9.99. The average molecular weight is 525 g/mol. The standard InChI is InChI=1S/C24H24N6O4S2/c1-4-14-11-20(31)25-23-26-27-24(29(14)23)36-13-21(32)30-17(12-16(28-30)19-9-6-10-35-19)15-7-5-8-18(33-2)22(15)34-3/h5-11,17H,4,12-13H2,1-3H3,(H,25,26,31). The Morgan fingerprint density at radius 1 is 1.22 bits per heavy atom. The summed E-state index contributed by atoms with van der Waals surface area (Å²) in [5.41, 5.74) is 2.20. The molecule has 0 fully saturated rings. The van der Waals surface area contributed by atoms with Crippen LogP contribution in [0.3, 0.4) is 0 Å². The van der Waals surface area contributed by atoms with E-state index >= 15 is 0 Å². The van der Waals surface area contributed by atoms with E-state index in [0.29, 0.717) is 35.3 Å². The summed E-state index contributed by atoms with van der Waals surface area (Å²) >= 11 is 2.84. The Morgan fingerprint density at radius 2 is 2.08 bits per heavy atom. The molecule has 1 aliphatic rings. The van der Waals surface area contributed by atoms with Crippen molar-refractivity contribution in [3.05, 3.63) is 68.3 Å². The zero-order chi connectivity index (χ0) is 25.2. The summed E-state index contributed by atoms with van der Waals surface area (Å²) in [6.45, 7) is 1.95. The third kappa shape index (κ3) is 4.37. The summed E-state index contributed by atoms with van der Waals surface area (Å²) < 4.78 is 12.9. The van der Waals surface area contributed by atoms with Crippen LogP contribution in [-0.2, 0) is 11.2 Å². The van der Waals surface area contributed by atoms with Gasteiger partial charge in [0.2, 0.25) is 5.78 Å². The third-order valence-corrected chi connectivity index (χ3v) is 7.74. The molecule has 36 heavy (non-hydrogen) atoms. The van der Waals surface area contributed by atoms with Crippen molar-refractivity contribution in [2.24, 2.45) is 5.10 Å². The summed E-state index contributed by atoms with van der Waals surface area (Å²) in [7, 11) is 3.18. The summed E-state index contributed by atoms with van der Waals surface area (Å²) in [6, 6.07) is 10.8. The first-order valence-corrected chi connectivity index (χ1v) is 13.1. The molecule has 12 heteroatoms. The van der Waals surface area contributed by atoms with Crippen LogP contribution in [0, 0.1) is 0 Å². The van der Waals surface area contributed by atoms with Crippen LogP contribution in [0.5, 0.6) is 11.5 Å². The highest BCUT2D eigenvalue weighted by atomic mass is 32.2. The molecular weight excluding hydrogens is 500 g/mol. The highest BCUT2D eigenvalue weighted by Gasteiger charge is 2.36. The Hall–Kier alpha value is -3.64. The lowest BCUT2D eigenvalue weighted by Crippen LogP contribution is -2.29. The van der Waals surface area contributed by atoms with Gasteiger partial charge in [-0.15, -0.1) is 21.5 Å². The topological polar surface area (TPSA) is 114 Å². The summed E-state index contributed by atoms with van der Waals surface area (Å²) in [5.74, 6) is 1.44. The van der Waals surface area contributed by atoms with Crippen molar-refractivity contribution < 1.29 is 14.3 Å². The number of carbonyl (C=O) groups excluding carboxylic acids is 1. The van der Waals surface area contributed by atoms with Gasteiger partial charge < -0.3 is 9.47 Å². The lowest BCUT2D eigenvalue weighted by molar-refractivity contribution is -0.130. The maximum atomic E-state index is 13.6. The third-order valence-electron chi connectivity index (χ3n) is 5.90. The minimum atomic E-state index is -0.349. The highest BCUT2D eigenvalue weighted by Crippen LogP contribution is 2.42. The molecule has 0 spiro atoms. The Balaban J connectivity index is 1.46. The van der Waals surface area contributed by atoms with Gasteiger partial charge in [0.15, 0.2) is 16.7 Å². The van der Waals surface area contributed by atoms with Crippen molar-refractivity contribution in [2.75, 3.05) is 20.0 Å². The van der Waals surface area contributed by atoms with Gasteiger partial charge in [-0.05, 0) is 23.9 Å². The van der Waals surface area contributed by atoms with Crippen molar-refractivity contribution >= 4 is 40.5 Å². The molecule has 4 heterocycles. The molecule has 1 N–H and O–H groups in total. The fourth-order valence-electron chi connectivity index (χ4n) is 4.27. The lowest BCUT2D eigenvalue weighted by Gasteiger charge is -2.24. The van der Waals surface area contributed by atoms with Gasteiger partial charge in [0.25, 0.3) is 11.5 Å². The van der Waals surface area contributed by atoms with Crippen molar-refractivity contribution in [1.82, 2.24) is 24.6 Å². The molecule has 10 nitrogen and oxygen atoms in total. The second-order valence-corrected chi connectivity index (χ2v) is 9.86. The zero-order valence-electron chi connectivity index (χ0n) is 19.9. The first kappa shape index (κ1) is 24.1. The quantitative estimate of drug-likeness (QED) is 0.351. The van der Waals surface area contributed by atoms with Gasteiger partial charge in [0, 0.05) is 23.7 Å². The number of para-hydroxylation sites is 1. The van der Waals surface area contributed by atoms with Crippen LogP contribution in [0.2, 0.25) is 0 Å². The van der Waals surface area contributed by atoms with Crippen LogP contribution in [0.4, 0.5) is 0 Å². The number of nitrogens with one attached hydrogen (secondary N) is 1. The predicted molar refractivity (Wildman–Crippen MR) is 138 cm³/mol. The molecule has 1 aliphatic heterocycles. The number of nitrogens with zero attached hydrogens (tertiary/aromatic N) is 5. The second kappa shape index (κ2) is 10.2. The number of aromatic nitrogens is 4. The van der Waals surface area contributed by atoms with Gasteiger partial charge in [-0.25, -0.2) is 5.01 Å². The number of amides is 1. The van der Waals surface area contributed by atoms with Crippen molar-refractivity contribution in [2.45, 2.75) is 31.0 Å². The Kier molecular flexibility index (Phi) is 6.79. The van der Waals surface area contributed by atoms with Gasteiger partial charge in [-0.2, -0.15) is 5.10 Å². The number of benzene rings is 1. The number of rotatable bonds is 8.